The lowest BCUT2D eigenvalue weighted by Gasteiger charge is -2.07. The number of hydrogen-bond acceptors (Lipinski definition) is 3. The maximum Gasteiger partial charge on any atom is 0.123 e. The van der Waals surface area contributed by atoms with Gasteiger partial charge in [0.1, 0.15) is 5.82 Å². The van der Waals surface area contributed by atoms with E-state index in [1.165, 1.54) is 19.2 Å². The van der Waals surface area contributed by atoms with Gasteiger partial charge < -0.3 is 0 Å². The first-order valence-electron chi connectivity index (χ1n) is 3.98. The Bertz CT molecular complexity index is 248. The molecule has 0 aromatic heterocycles. The van der Waals surface area contributed by atoms with Crippen LogP contribution in [0.3, 0.4) is 0 Å². The standard InChI is InChI=1S/C9H12FNO2/c1-11(12)13-7-6-8-2-4-9(10)5-3-8/h2-5,12H,6-7H2,1H3. The van der Waals surface area contributed by atoms with Crippen LogP contribution < -0.4 is 0 Å². The zero-order valence-electron chi connectivity index (χ0n) is 7.40. The normalized spacial score (nSPS) is 10.8. The molecule has 72 valence electrons. The van der Waals surface area contributed by atoms with Crippen molar-refractivity contribution in [3.8, 4) is 0 Å². The van der Waals surface area contributed by atoms with Crippen molar-refractivity contribution in [3.05, 3.63) is 35.6 Å². The van der Waals surface area contributed by atoms with E-state index >= 15 is 0 Å². The van der Waals surface area contributed by atoms with Gasteiger partial charge in [-0.2, -0.15) is 0 Å². The summed E-state index contributed by atoms with van der Waals surface area (Å²) >= 11 is 0. The van der Waals surface area contributed by atoms with Gasteiger partial charge in [-0.15, -0.1) is 0 Å². The average molecular weight is 185 g/mol. The third-order valence-electron chi connectivity index (χ3n) is 1.58. The van der Waals surface area contributed by atoms with Crippen LogP contribution >= 0.6 is 0 Å². The molecule has 1 N–H and O–H groups in total. The number of hydroxylamine groups is 2. The minimum atomic E-state index is -0.246. The first-order chi connectivity index (χ1) is 6.18. The van der Waals surface area contributed by atoms with E-state index in [9.17, 15) is 4.39 Å². The van der Waals surface area contributed by atoms with E-state index in [0.717, 1.165) is 5.56 Å². The van der Waals surface area contributed by atoms with Crippen LogP contribution in [0.15, 0.2) is 24.3 Å². The quantitative estimate of drug-likeness (QED) is 0.723. The van der Waals surface area contributed by atoms with Gasteiger partial charge in [-0.05, 0) is 24.1 Å². The number of rotatable bonds is 4. The monoisotopic (exact) mass is 185 g/mol. The summed E-state index contributed by atoms with van der Waals surface area (Å²) in [6.45, 7) is 0.374. The molecule has 0 radical (unpaired) electrons. The first kappa shape index (κ1) is 10.1. The second kappa shape index (κ2) is 4.91. The van der Waals surface area contributed by atoms with Crippen molar-refractivity contribution in [1.29, 1.82) is 0 Å². The molecule has 0 saturated heterocycles. The molecule has 3 nitrogen and oxygen atoms in total. The maximum atomic E-state index is 12.5. The lowest BCUT2D eigenvalue weighted by Crippen LogP contribution is -2.15. The molecule has 4 heteroatoms. The van der Waals surface area contributed by atoms with Crippen LogP contribution in [0.1, 0.15) is 5.56 Å². The Morgan fingerprint density at radius 2 is 2.00 bits per heavy atom. The Morgan fingerprint density at radius 3 is 2.54 bits per heavy atom. The molecular formula is C9H12FNO2. The molecule has 0 saturated carbocycles. The molecule has 0 unspecified atom stereocenters. The molecule has 1 aromatic carbocycles. The van der Waals surface area contributed by atoms with Crippen LogP contribution in [0, 0.1) is 5.82 Å². The Kier molecular flexibility index (Phi) is 3.82. The maximum absolute atomic E-state index is 12.5. The summed E-state index contributed by atoms with van der Waals surface area (Å²) in [7, 11) is 1.39. The van der Waals surface area contributed by atoms with Gasteiger partial charge in [-0.3, -0.25) is 10.0 Å². The van der Waals surface area contributed by atoms with Crippen molar-refractivity contribution in [2.45, 2.75) is 6.42 Å². The predicted molar refractivity (Wildman–Crippen MR) is 45.6 cm³/mol. The lowest BCUT2D eigenvalue weighted by atomic mass is 10.2. The highest BCUT2D eigenvalue weighted by Crippen LogP contribution is 2.03. The van der Waals surface area contributed by atoms with Gasteiger partial charge in [0.2, 0.25) is 0 Å². The summed E-state index contributed by atoms with van der Waals surface area (Å²) < 4.78 is 12.5. The molecule has 0 aliphatic heterocycles. The zero-order chi connectivity index (χ0) is 9.68. The SMILES string of the molecule is CN(O)OCCc1ccc(F)cc1. The summed E-state index contributed by atoms with van der Waals surface area (Å²) in [4.78, 5) is 4.77. The van der Waals surface area contributed by atoms with Crippen LogP contribution in [0.2, 0.25) is 0 Å². The van der Waals surface area contributed by atoms with Crippen molar-refractivity contribution in [2.24, 2.45) is 0 Å². The van der Waals surface area contributed by atoms with Crippen molar-refractivity contribution in [2.75, 3.05) is 13.7 Å². The van der Waals surface area contributed by atoms with E-state index in [0.29, 0.717) is 18.3 Å². The molecular weight excluding hydrogens is 173 g/mol. The van der Waals surface area contributed by atoms with E-state index in [1.807, 2.05) is 0 Å². The number of nitrogens with zero attached hydrogens (tertiary/aromatic N) is 1. The van der Waals surface area contributed by atoms with Crippen molar-refractivity contribution in [1.82, 2.24) is 5.23 Å². The predicted octanol–water partition coefficient (Wildman–Crippen LogP) is 1.62. The minimum Gasteiger partial charge on any atom is -0.290 e. The lowest BCUT2D eigenvalue weighted by molar-refractivity contribution is -0.322. The van der Waals surface area contributed by atoms with Gasteiger partial charge in [-0.1, -0.05) is 17.4 Å². The van der Waals surface area contributed by atoms with Crippen LogP contribution in [-0.2, 0) is 11.3 Å². The molecule has 0 atom stereocenters. The molecule has 0 aliphatic carbocycles. The fraction of sp³-hybridized carbons (Fsp3) is 0.333. The van der Waals surface area contributed by atoms with E-state index in [-0.39, 0.29) is 5.82 Å². The van der Waals surface area contributed by atoms with Gasteiger partial charge in [0.05, 0.1) is 6.61 Å². The molecule has 13 heavy (non-hydrogen) atoms. The fourth-order valence-corrected chi connectivity index (χ4v) is 0.947. The van der Waals surface area contributed by atoms with Gasteiger partial charge in [0.25, 0.3) is 0 Å². The highest BCUT2D eigenvalue weighted by atomic mass is 19.1. The van der Waals surface area contributed by atoms with Crippen LogP contribution in [0.4, 0.5) is 4.39 Å². The van der Waals surface area contributed by atoms with Crippen LogP contribution in [0.25, 0.3) is 0 Å². The van der Waals surface area contributed by atoms with Crippen LogP contribution in [0.5, 0.6) is 0 Å². The largest absolute Gasteiger partial charge is 0.290 e. The van der Waals surface area contributed by atoms with Crippen molar-refractivity contribution < 1.29 is 14.4 Å². The summed E-state index contributed by atoms with van der Waals surface area (Å²) in [6, 6.07) is 6.18. The Labute approximate surface area is 76.3 Å². The van der Waals surface area contributed by atoms with E-state index in [1.54, 1.807) is 12.1 Å². The van der Waals surface area contributed by atoms with Crippen molar-refractivity contribution in [3.63, 3.8) is 0 Å². The van der Waals surface area contributed by atoms with Crippen LogP contribution in [-0.4, -0.2) is 24.1 Å². The van der Waals surface area contributed by atoms with Gasteiger partial charge in [0.15, 0.2) is 0 Å². The molecule has 0 aliphatic rings. The molecule has 0 spiro atoms. The van der Waals surface area contributed by atoms with Gasteiger partial charge in [-0.25, -0.2) is 4.39 Å². The Balaban J connectivity index is 2.33. The smallest absolute Gasteiger partial charge is 0.123 e. The first-order valence-corrected chi connectivity index (χ1v) is 3.98. The average Bonchev–Trinajstić information content (AvgIpc) is 2.08. The molecule has 0 bridgehead atoms. The topological polar surface area (TPSA) is 32.7 Å². The number of halogens is 1. The zero-order valence-corrected chi connectivity index (χ0v) is 7.40. The molecule has 0 fully saturated rings. The third kappa shape index (κ3) is 3.98. The summed E-state index contributed by atoms with van der Waals surface area (Å²) in [5.74, 6) is -0.246. The van der Waals surface area contributed by atoms with Gasteiger partial charge >= 0.3 is 0 Å². The second-order valence-corrected chi connectivity index (χ2v) is 2.67. The highest BCUT2D eigenvalue weighted by Gasteiger charge is 1.95. The summed E-state index contributed by atoms with van der Waals surface area (Å²) in [5.41, 5.74) is 0.975. The number of benzene rings is 1. The van der Waals surface area contributed by atoms with E-state index in [4.69, 9.17) is 10.0 Å². The third-order valence-corrected chi connectivity index (χ3v) is 1.58. The highest BCUT2D eigenvalue weighted by molar-refractivity contribution is 5.15. The summed E-state index contributed by atoms with van der Waals surface area (Å²) in [6.07, 6.45) is 0.644. The second-order valence-electron chi connectivity index (χ2n) is 2.67. The Hall–Kier alpha value is -0.970. The van der Waals surface area contributed by atoms with E-state index < -0.39 is 0 Å². The molecule has 0 amide bonds. The fourth-order valence-electron chi connectivity index (χ4n) is 0.947. The molecule has 0 heterocycles. The minimum absolute atomic E-state index is 0.246. The summed E-state index contributed by atoms with van der Waals surface area (Å²) in [5, 5.41) is 9.28. The van der Waals surface area contributed by atoms with E-state index in [2.05, 4.69) is 0 Å². The van der Waals surface area contributed by atoms with Crippen molar-refractivity contribution >= 4 is 0 Å². The number of hydrogen-bond donors (Lipinski definition) is 1. The molecule has 1 rings (SSSR count). The van der Waals surface area contributed by atoms with Gasteiger partial charge in [0, 0.05) is 7.05 Å². The molecule has 1 aromatic rings. The Morgan fingerprint density at radius 1 is 1.38 bits per heavy atom.